The second kappa shape index (κ2) is 5.38. The molecule has 1 unspecified atom stereocenters. The third-order valence-electron chi connectivity index (χ3n) is 3.53. The maximum Gasteiger partial charge on any atom is 0.253 e. The lowest BCUT2D eigenvalue weighted by atomic mass is 9.98. The summed E-state index contributed by atoms with van der Waals surface area (Å²) in [5, 5.41) is 0. The Hall–Kier alpha value is -1.57. The Labute approximate surface area is 109 Å². The minimum atomic E-state index is 0.161. The van der Waals surface area contributed by atoms with Gasteiger partial charge in [-0.25, -0.2) is 0 Å². The Kier molecular flexibility index (Phi) is 3.85. The van der Waals surface area contributed by atoms with Gasteiger partial charge in [0, 0.05) is 18.7 Å². The van der Waals surface area contributed by atoms with E-state index in [0.717, 1.165) is 36.2 Å². The molecular formula is C16H21NO. The first-order chi connectivity index (χ1) is 8.60. The molecule has 0 aliphatic carbocycles. The Balaban J connectivity index is 2.22. The normalized spacial score (nSPS) is 19.7. The van der Waals surface area contributed by atoms with Crippen molar-refractivity contribution >= 4 is 12.0 Å². The van der Waals surface area contributed by atoms with Crippen LogP contribution >= 0.6 is 0 Å². The van der Waals surface area contributed by atoms with Gasteiger partial charge in [0.1, 0.15) is 0 Å². The Morgan fingerprint density at radius 2 is 2.22 bits per heavy atom. The van der Waals surface area contributed by atoms with Crippen LogP contribution in [0, 0.1) is 12.8 Å². The highest BCUT2D eigenvalue weighted by molar-refractivity contribution is 5.95. The highest BCUT2D eigenvalue weighted by Gasteiger charge is 2.22. The van der Waals surface area contributed by atoms with Gasteiger partial charge in [-0.1, -0.05) is 25.6 Å². The van der Waals surface area contributed by atoms with Crippen molar-refractivity contribution in [3.63, 3.8) is 0 Å². The van der Waals surface area contributed by atoms with Crippen LogP contribution in [-0.2, 0) is 0 Å². The van der Waals surface area contributed by atoms with E-state index in [1.165, 1.54) is 6.42 Å². The summed E-state index contributed by atoms with van der Waals surface area (Å²) >= 11 is 0. The van der Waals surface area contributed by atoms with Crippen molar-refractivity contribution in [3.05, 3.63) is 41.5 Å². The van der Waals surface area contributed by atoms with Crippen LogP contribution in [0.5, 0.6) is 0 Å². The van der Waals surface area contributed by atoms with Crippen molar-refractivity contribution in [1.82, 2.24) is 4.90 Å². The molecule has 0 saturated carbocycles. The quantitative estimate of drug-likeness (QED) is 0.778. The number of benzene rings is 1. The number of hydrogen-bond donors (Lipinski definition) is 0. The van der Waals surface area contributed by atoms with Crippen LogP contribution in [-0.4, -0.2) is 23.9 Å². The summed E-state index contributed by atoms with van der Waals surface area (Å²) in [5.74, 6) is 0.778. The van der Waals surface area contributed by atoms with E-state index in [0.29, 0.717) is 5.92 Å². The summed E-state index contributed by atoms with van der Waals surface area (Å²) in [5.41, 5.74) is 2.92. The average Bonchev–Trinajstić information content (AvgIpc) is 2.37. The van der Waals surface area contributed by atoms with Crippen molar-refractivity contribution in [2.75, 3.05) is 13.1 Å². The highest BCUT2D eigenvalue weighted by atomic mass is 16.2. The van der Waals surface area contributed by atoms with Gasteiger partial charge in [0.2, 0.25) is 0 Å². The van der Waals surface area contributed by atoms with Crippen molar-refractivity contribution in [2.45, 2.75) is 26.7 Å². The van der Waals surface area contributed by atoms with Crippen LogP contribution in [0.25, 0.3) is 6.08 Å². The summed E-state index contributed by atoms with van der Waals surface area (Å²) in [6, 6.07) is 5.94. The Morgan fingerprint density at radius 3 is 2.89 bits per heavy atom. The van der Waals surface area contributed by atoms with E-state index in [-0.39, 0.29) is 5.91 Å². The van der Waals surface area contributed by atoms with E-state index in [1.54, 1.807) is 6.08 Å². The first-order valence-electron chi connectivity index (χ1n) is 6.63. The number of rotatable bonds is 2. The summed E-state index contributed by atoms with van der Waals surface area (Å²) in [6.45, 7) is 9.78. The van der Waals surface area contributed by atoms with Crippen LogP contribution in [0.2, 0.25) is 0 Å². The predicted molar refractivity (Wildman–Crippen MR) is 75.6 cm³/mol. The third kappa shape index (κ3) is 2.81. The molecule has 0 N–H and O–H groups in total. The minimum absolute atomic E-state index is 0.161. The molecule has 96 valence electrons. The maximum absolute atomic E-state index is 12.5. The van der Waals surface area contributed by atoms with E-state index in [9.17, 15) is 4.79 Å². The molecule has 1 aliphatic heterocycles. The van der Waals surface area contributed by atoms with E-state index in [2.05, 4.69) is 13.5 Å². The van der Waals surface area contributed by atoms with E-state index < -0.39 is 0 Å². The fraction of sp³-hybridized carbons (Fsp3) is 0.438. The number of piperidine rings is 1. The van der Waals surface area contributed by atoms with Crippen molar-refractivity contribution in [3.8, 4) is 0 Å². The predicted octanol–water partition coefficient (Wildman–Crippen LogP) is 3.51. The molecule has 1 heterocycles. The molecule has 1 aliphatic rings. The molecule has 1 aromatic carbocycles. The molecular weight excluding hydrogens is 222 g/mol. The van der Waals surface area contributed by atoms with E-state index in [1.807, 2.05) is 30.0 Å². The molecule has 2 heteroatoms. The van der Waals surface area contributed by atoms with Crippen LogP contribution in [0.3, 0.4) is 0 Å². The molecule has 0 aromatic heterocycles. The first kappa shape index (κ1) is 12.9. The monoisotopic (exact) mass is 243 g/mol. The summed E-state index contributed by atoms with van der Waals surface area (Å²) < 4.78 is 0. The van der Waals surface area contributed by atoms with E-state index >= 15 is 0 Å². The number of hydrogen-bond acceptors (Lipinski definition) is 1. The van der Waals surface area contributed by atoms with Gasteiger partial charge < -0.3 is 4.90 Å². The van der Waals surface area contributed by atoms with Gasteiger partial charge in [0.25, 0.3) is 5.91 Å². The van der Waals surface area contributed by atoms with Gasteiger partial charge in [0.05, 0.1) is 0 Å². The summed E-state index contributed by atoms with van der Waals surface area (Å²) in [6.07, 6.45) is 4.14. The number of likely N-dealkylation sites (tertiary alicyclic amines) is 1. The topological polar surface area (TPSA) is 20.3 Å². The van der Waals surface area contributed by atoms with Gasteiger partial charge in [-0.3, -0.25) is 4.79 Å². The smallest absolute Gasteiger partial charge is 0.253 e. The van der Waals surface area contributed by atoms with Gasteiger partial charge in [-0.15, -0.1) is 0 Å². The third-order valence-corrected chi connectivity index (χ3v) is 3.53. The van der Waals surface area contributed by atoms with Crippen LogP contribution < -0.4 is 0 Å². The fourth-order valence-electron chi connectivity index (χ4n) is 2.61. The molecule has 1 aromatic rings. The number of aryl methyl sites for hydroxylation is 1. The van der Waals surface area contributed by atoms with Crippen LogP contribution in [0.1, 0.15) is 41.3 Å². The number of nitrogens with zero attached hydrogens (tertiary/aromatic N) is 1. The van der Waals surface area contributed by atoms with Crippen LogP contribution in [0.15, 0.2) is 24.8 Å². The average molecular weight is 243 g/mol. The van der Waals surface area contributed by atoms with Gasteiger partial charge in [0.15, 0.2) is 0 Å². The van der Waals surface area contributed by atoms with Gasteiger partial charge >= 0.3 is 0 Å². The molecule has 18 heavy (non-hydrogen) atoms. The number of carbonyl (C=O) groups is 1. The zero-order valence-electron chi connectivity index (χ0n) is 11.3. The lowest BCUT2D eigenvalue weighted by Gasteiger charge is -2.31. The Morgan fingerprint density at radius 1 is 1.44 bits per heavy atom. The first-order valence-corrected chi connectivity index (χ1v) is 6.63. The zero-order chi connectivity index (χ0) is 13.1. The molecule has 1 atom stereocenters. The van der Waals surface area contributed by atoms with Crippen LogP contribution in [0.4, 0.5) is 0 Å². The summed E-state index contributed by atoms with van der Waals surface area (Å²) in [4.78, 5) is 14.4. The second-order valence-corrected chi connectivity index (χ2v) is 5.34. The molecule has 2 nitrogen and oxygen atoms in total. The van der Waals surface area contributed by atoms with Crippen molar-refractivity contribution < 1.29 is 4.79 Å². The van der Waals surface area contributed by atoms with E-state index in [4.69, 9.17) is 0 Å². The second-order valence-electron chi connectivity index (χ2n) is 5.34. The SMILES string of the molecule is C=Cc1cc(C)cc(C(=O)N2CCCC(C)C2)c1. The fourth-order valence-corrected chi connectivity index (χ4v) is 2.61. The lowest BCUT2D eigenvalue weighted by Crippen LogP contribution is -2.39. The maximum atomic E-state index is 12.5. The molecule has 0 radical (unpaired) electrons. The van der Waals surface area contributed by atoms with Gasteiger partial charge in [-0.05, 0) is 48.9 Å². The molecule has 0 spiro atoms. The molecule has 0 bridgehead atoms. The molecule has 1 fully saturated rings. The summed E-state index contributed by atoms with van der Waals surface area (Å²) in [7, 11) is 0. The zero-order valence-corrected chi connectivity index (χ0v) is 11.3. The van der Waals surface area contributed by atoms with Crippen molar-refractivity contribution in [2.24, 2.45) is 5.92 Å². The Bertz CT molecular complexity index is 464. The highest BCUT2D eigenvalue weighted by Crippen LogP contribution is 2.19. The number of carbonyl (C=O) groups excluding carboxylic acids is 1. The standard InChI is InChI=1S/C16H21NO/c1-4-14-8-13(3)9-15(10-14)16(18)17-7-5-6-12(2)11-17/h4,8-10,12H,1,5-7,11H2,2-3H3. The molecule has 2 rings (SSSR count). The lowest BCUT2D eigenvalue weighted by molar-refractivity contribution is 0.0683. The largest absolute Gasteiger partial charge is 0.338 e. The minimum Gasteiger partial charge on any atom is -0.338 e. The van der Waals surface area contributed by atoms with Crippen molar-refractivity contribution in [1.29, 1.82) is 0 Å². The number of amides is 1. The molecule has 1 amide bonds. The molecule has 1 saturated heterocycles. The van der Waals surface area contributed by atoms with Gasteiger partial charge in [-0.2, -0.15) is 0 Å².